The Hall–Kier alpha value is -1.38. The largest absolute Gasteiger partial charge is 0.467 e. The maximum atomic E-state index is 11.9. The number of carbonyl (C=O) groups is 2. The van der Waals surface area contributed by atoms with Gasteiger partial charge in [-0.1, -0.05) is 0 Å². The van der Waals surface area contributed by atoms with Crippen LogP contribution >= 0.6 is 15.9 Å². The second kappa shape index (κ2) is 6.87. The summed E-state index contributed by atoms with van der Waals surface area (Å²) >= 11 is 3.17. The predicted octanol–water partition coefficient (Wildman–Crippen LogP) is 1.08. The number of rotatable bonds is 5. The molecular weight excluding hydrogens is 334 g/mol. The second-order valence-corrected chi connectivity index (χ2v) is 5.00. The Morgan fingerprint density at radius 3 is 2.75 bits per heavy atom. The van der Waals surface area contributed by atoms with Gasteiger partial charge in [-0.2, -0.15) is 0 Å². The molecule has 7 nitrogen and oxygen atoms in total. The summed E-state index contributed by atoms with van der Waals surface area (Å²) in [4.78, 5) is 23.6. The molecule has 1 amide bonds. The first-order valence-corrected chi connectivity index (χ1v) is 6.75. The lowest BCUT2D eigenvalue weighted by Gasteiger charge is -2.18. The maximum absolute atomic E-state index is 11.9. The van der Waals surface area contributed by atoms with Crippen LogP contribution in [0.15, 0.2) is 21.2 Å². The van der Waals surface area contributed by atoms with Crippen molar-refractivity contribution in [3.05, 3.63) is 22.6 Å². The molecule has 0 aromatic carbocycles. The average Bonchev–Trinajstić information content (AvgIpc) is 3.08. The van der Waals surface area contributed by atoms with Crippen molar-refractivity contribution in [2.24, 2.45) is 0 Å². The van der Waals surface area contributed by atoms with Crippen LogP contribution in [0.3, 0.4) is 0 Å². The zero-order valence-electron chi connectivity index (χ0n) is 10.8. The lowest BCUT2D eigenvalue weighted by Crippen LogP contribution is -2.43. The molecule has 1 N–H and O–H groups in total. The van der Waals surface area contributed by atoms with Crippen LogP contribution in [-0.4, -0.2) is 44.5 Å². The summed E-state index contributed by atoms with van der Waals surface area (Å²) in [7, 11) is 1.25. The fraction of sp³-hybridized carbons (Fsp3) is 0.500. The molecule has 20 heavy (non-hydrogen) atoms. The molecule has 0 bridgehead atoms. The van der Waals surface area contributed by atoms with Crippen LogP contribution in [0.1, 0.15) is 17.0 Å². The molecule has 1 atom stereocenters. The van der Waals surface area contributed by atoms with Crippen molar-refractivity contribution in [3.8, 4) is 0 Å². The number of amides is 1. The Morgan fingerprint density at radius 2 is 2.20 bits per heavy atom. The van der Waals surface area contributed by atoms with Gasteiger partial charge in [0.2, 0.25) is 0 Å². The minimum atomic E-state index is -0.862. The van der Waals surface area contributed by atoms with E-state index in [1.165, 1.54) is 19.4 Å². The number of nitrogens with one attached hydrogen (secondary N) is 1. The Morgan fingerprint density at radius 1 is 1.50 bits per heavy atom. The van der Waals surface area contributed by atoms with E-state index in [4.69, 9.17) is 13.9 Å². The minimum Gasteiger partial charge on any atom is -0.467 e. The lowest BCUT2D eigenvalue weighted by atomic mass is 10.2. The third kappa shape index (κ3) is 3.81. The topological polar surface area (TPSA) is 87.0 Å². The van der Waals surface area contributed by atoms with Gasteiger partial charge in [0.15, 0.2) is 12.1 Å². The Balaban J connectivity index is 1.99. The van der Waals surface area contributed by atoms with Crippen LogP contribution in [0, 0.1) is 0 Å². The van der Waals surface area contributed by atoms with E-state index in [1.807, 2.05) is 0 Å². The first kappa shape index (κ1) is 15.0. The molecular formula is C12H14BrNO6. The van der Waals surface area contributed by atoms with Gasteiger partial charge in [0.25, 0.3) is 5.91 Å². The molecule has 2 heterocycles. The molecule has 0 aliphatic carbocycles. The number of carbonyl (C=O) groups excluding carboxylic acids is 2. The highest BCUT2D eigenvalue weighted by atomic mass is 79.9. The molecule has 1 aliphatic heterocycles. The molecule has 1 fully saturated rings. The standard InChI is InChI=1S/C12H14BrNO6/c1-17-12(16)8(5-10-18-2-3-19-10)14-11(15)9-4-7(13)6-20-9/h4,6,8,10H,2-3,5H2,1H3,(H,14,15). The van der Waals surface area contributed by atoms with Gasteiger partial charge in [-0.15, -0.1) is 0 Å². The zero-order valence-corrected chi connectivity index (χ0v) is 12.3. The predicted molar refractivity (Wildman–Crippen MR) is 70.0 cm³/mol. The van der Waals surface area contributed by atoms with E-state index in [0.29, 0.717) is 17.7 Å². The molecule has 2 rings (SSSR count). The lowest BCUT2D eigenvalue weighted by molar-refractivity contribution is -0.146. The molecule has 1 unspecified atom stereocenters. The van der Waals surface area contributed by atoms with E-state index in [2.05, 4.69) is 26.0 Å². The number of furan rings is 1. The first-order valence-electron chi connectivity index (χ1n) is 5.96. The summed E-state index contributed by atoms with van der Waals surface area (Å²) in [5.74, 6) is -0.980. The van der Waals surface area contributed by atoms with Crippen molar-refractivity contribution in [1.29, 1.82) is 0 Å². The number of esters is 1. The summed E-state index contributed by atoms with van der Waals surface area (Å²) in [6.45, 7) is 0.940. The third-order valence-corrected chi connectivity index (χ3v) is 3.12. The summed E-state index contributed by atoms with van der Waals surface area (Å²) < 4.78 is 20.8. The van der Waals surface area contributed by atoms with Gasteiger partial charge < -0.3 is 23.9 Å². The highest BCUT2D eigenvalue weighted by Crippen LogP contribution is 2.15. The van der Waals surface area contributed by atoms with Crippen molar-refractivity contribution in [2.45, 2.75) is 18.8 Å². The van der Waals surface area contributed by atoms with Crippen LogP contribution < -0.4 is 5.32 Å². The second-order valence-electron chi connectivity index (χ2n) is 4.09. The van der Waals surface area contributed by atoms with Crippen molar-refractivity contribution in [2.75, 3.05) is 20.3 Å². The van der Waals surface area contributed by atoms with Gasteiger partial charge in [0.05, 0.1) is 24.8 Å². The first-order chi connectivity index (χ1) is 9.60. The SMILES string of the molecule is COC(=O)C(CC1OCCO1)NC(=O)c1cc(Br)co1. The highest BCUT2D eigenvalue weighted by molar-refractivity contribution is 9.10. The van der Waals surface area contributed by atoms with Crippen molar-refractivity contribution in [3.63, 3.8) is 0 Å². The van der Waals surface area contributed by atoms with E-state index < -0.39 is 24.2 Å². The highest BCUT2D eigenvalue weighted by Gasteiger charge is 2.29. The molecule has 1 saturated heterocycles. The Kier molecular flexibility index (Phi) is 5.16. The molecule has 1 aliphatic rings. The van der Waals surface area contributed by atoms with Crippen LogP contribution in [-0.2, 0) is 19.0 Å². The van der Waals surface area contributed by atoms with Crippen LogP contribution in [0.2, 0.25) is 0 Å². The Bertz CT molecular complexity index is 482. The van der Waals surface area contributed by atoms with E-state index >= 15 is 0 Å². The quantitative estimate of drug-likeness (QED) is 0.802. The van der Waals surface area contributed by atoms with Crippen molar-refractivity contribution < 1.29 is 28.2 Å². The molecule has 1 aromatic heterocycles. The smallest absolute Gasteiger partial charge is 0.328 e. The minimum absolute atomic E-state index is 0.0963. The molecule has 1 aromatic rings. The number of hydrogen-bond acceptors (Lipinski definition) is 6. The van der Waals surface area contributed by atoms with E-state index in [1.54, 1.807) is 0 Å². The summed E-state index contributed by atoms with van der Waals surface area (Å²) in [6, 6.07) is 0.645. The third-order valence-electron chi connectivity index (χ3n) is 2.70. The van der Waals surface area contributed by atoms with Crippen molar-refractivity contribution in [1.82, 2.24) is 5.32 Å². The fourth-order valence-electron chi connectivity index (χ4n) is 1.75. The van der Waals surface area contributed by atoms with E-state index in [0.717, 1.165) is 0 Å². The monoisotopic (exact) mass is 347 g/mol. The summed E-state index contributed by atoms with van der Waals surface area (Å²) in [5.41, 5.74) is 0. The van der Waals surface area contributed by atoms with Crippen LogP contribution in [0.4, 0.5) is 0 Å². The summed E-state index contributed by atoms with van der Waals surface area (Å²) in [5, 5.41) is 2.54. The van der Waals surface area contributed by atoms with E-state index in [-0.39, 0.29) is 12.2 Å². The zero-order chi connectivity index (χ0) is 14.5. The number of ether oxygens (including phenoxy) is 3. The van der Waals surface area contributed by atoms with Gasteiger partial charge in [-0.3, -0.25) is 4.79 Å². The fourth-order valence-corrected chi connectivity index (χ4v) is 2.05. The molecule has 0 saturated carbocycles. The molecule has 0 spiro atoms. The van der Waals surface area contributed by atoms with Gasteiger partial charge in [0, 0.05) is 12.5 Å². The Labute approximate surface area is 123 Å². The van der Waals surface area contributed by atoms with E-state index in [9.17, 15) is 9.59 Å². The van der Waals surface area contributed by atoms with Crippen molar-refractivity contribution >= 4 is 27.8 Å². The molecule has 8 heteroatoms. The van der Waals surface area contributed by atoms with Gasteiger partial charge in [-0.05, 0) is 15.9 Å². The maximum Gasteiger partial charge on any atom is 0.328 e. The average molecular weight is 348 g/mol. The van der Waals surface area contributed by atoms with Crippen LogP contribution in [0.25, 0.3) is 0 Å². The molecule has 0 radical (unpaired) electrons. The number of hydrogen-bond donors (Lipinski definition) is 1. The normalized spacial score (nSPS) is 16.9. The van der Waals surface area contributed by atoms with Gasteiger partial charge in [-0.25, -0.2) is 4.79 Å². The summed E-state index contributed by atoms with van der Waals surface area (Å²) in [6.07, 6.45) is 1.04. The van der Waals surface area contributed by atoms with Gasteiger partial charge >= 0.3 is 5.97 Å². The number of methoxy groups -OCH3 is 1. The molecule has 110 valence electrons. The number of halogens is 1. The van der Waals surface area contributed by atoms with Crippen LogP contribution in [0.5, 0.6) is 0 Å². The van der Waals surface area contributed by atoms with Gasteiger partial charge in [0.1, 0.15) is 12.3 Å².